The third-order valence-corrected chi connectivity index (χ3v) is 6.48. The van der Waals surface area contributed by atoms with Crippen molar-refractivity contribution >= 4 is 22.8 Å². The van der Waals surface area contributed by atoms with Crippen LogP contribution in [-0.2, 0) is 11.4 Å². The van der Waals surface area contributed by atoms with E-state index < -0.39 is 12.0 Å². The molecule has 184 valence electrons. The SMILES string of the molecule is CCN1CCN([C@@H](CNC(=O)c2ccc(OCc3cc(C)nc4ccccc34)cc2)C(=O)O)CC1. The fourth-order valence-electron chi connectivity index (χ4n) is 4.43. The maximum atomic E-state index is 12.6. The standard InChI is InChI=1S/C27H32N4O4/c1-3-30-12-14-31(15-13-30)25(27(33)34)17-28-26(32)20-8-10-22(11-9-20)35-18-21-16-19(2)29-24-7-5-4-6-23(21)24/h4-11,16,25H,3,12-15,17-18H2,1-2H3,(H,28,32)(H,33,34)/t25-/m0/s1. The highest BCUT2D eigenvalue weighted by Crippen LogP contribution is 2.21. The van der Waals surface area contributed by atoms with Crippen LogP contribution in [0.5, 0.6) is 5.75 Å². The summed E-state index contributed by atoms with van der Waals surface area (Å²) < 4.78 is 5.97. The van der Waals surface area contributed by atoms with E-state index in [-0.39, 0.29) is 12.5 Å². The molecule has 2 N–H and O–H groups in total. The third-order valence-electron chi connectivity index (χ3n) is 6.48. The number of aliphatic carboxylic acids is 1. The number of ether oxygens (including phenoxy) is 1. The Kier molecular flexibility index (Phi) is 7.94. The van der Waals surface area contributed by atoms with Gasteiger partial charge in [-0.15, -0.1) is 0 Å². The Bertz CT molecular complexity index is 1170. The van der Waals surface area contributed by atoms with E-state index in [0.29, 0.717) is 31.0 Å². The Balaban J connectivity index is 1.33. The number of fused-ring (bicyclic) bond motifs is 1. The summed E-state index contributed by atoms with van der Waals surface area (Å²) in [7, 11) is 0. The second kappa shape index (κ2) is 11.3. The Labute approximate surface area is 205 Å². The topological polar surface area (TPSA) is 95.0 Å². The van der Waals surface area contributed by atoms with Crippen LogP contribution in [0, 0.1) is 6.92 Å². The van der Waals surface area contributed by atoms with Gasteiger partial charge in [0.15, 0.2) is 0 Å². The van der Waals surface area contributed by atoms with Gasteiger partial charge in [0.05, 0.1) is 5.52 Å². The number of benzene rings is 2. The van der Waals surface area contributed by atoms with Crippen molar-refractivity contribution in [1.29, 1.82) is 0 Å². The van der Waals surface area contributed by atoms with E-state index in [0.717, 1.165) is 41.8 Å². The Hall–Kier alpha value is -3.49. The van der Waals surface area contributed by atoms with Crippen molar-refractivity contribution in [1.82, 2.24) is 20.1 Å². The highest BCUT2D eigenvalue weighted by Gasteiger charge is 2.29. The van der Waals surface area contributed by atoms with E-state index in [9.17, 15) is 14.7 Å². The first kappa shape index (κ1) is 24.6. The fourth-order valence-corrected chi connectivity index (χ4v) is 4.43. The molecule has 8 heteroatoms. The van der Waals surface area contributed by atoms with Gasteiger partial charge < -0.3 is 20.1 Å². The first-order chi connectivity index (χ1) is 16.9. The van der Waals surface area contributed by atoms with Crippen LogP contribution in [0.1, 0.15) is 28.5 Å². The van der Waals surface area contributed by atoms with Crippen molar-refractivity contribution < 1.29 is 19.4 Å². The monoisotopic (exact) mass is 476 g/mol. The molecule has 0 saturated carbocycles. The number of pyridine rings is 1. The predicted octanol–water partition coefficient (Wildman–Crippen LogP) is 2.94. The zero-order chi connectivity index (χ0) is 24.8. The highest BCUT2D eigenvalue weighted by atomic mass is 16.5. The molecule has 0 spiro atoms. The highest BCUT2D eigenvalue weighted by molar-refractivity contribution is 5.94. The van der Waals surface area contributed by atoms with Crippen LogP contribution in [0.4, 0.5) is 0 Å². The first-order valence-corrected chi connectivity index (χ1v) is 12.0. The molecule has 1 amide bonds. The van der Waals surface area contributed by atoms with Crippen molar-refractivity contribution in [3.8, 4) is 5.75 Å². The number of hydrogen-bond acceptors (Lipinski definition) is 6. The Morgan fingerprint density at radius 2 is 1.80 bits per heavy atom. The quantitative estimate of drug-likeness (QED) is 0.490. The number of carbonyl (C=O) groups is 2. The normalized spacial score (nSPS) is 15.6. The molecule has 0 bridgehead atoms. The second-order valence-corrected chi connectivity index (χ2v) is 8.79. The van der Waals surface area contributed by atoms with Crippen LogP contribution in [-0.4, -0.2) is 77.1 Å². The lowest BCUT2D eigenvalue weighted by Crippen LogP contribution is -2.55. The average Bonchev–Trinajstić information content (AvgIpc) is 2.87. The van der Waals surface area contributed by atoms with Gasteiger partial charge in [-0.3, -0.25) is 19.5 Å². The lowest BCUT2D eigenvalue weighted by Gasteiger charge is -2.37. The number of hydrogen-bond donors (Lipinski definition) is 2. The van der Waals surface area contributed by atoms with E-state index in [1.807, 2.05) is 42.2 Å². The summed E-state index contributed by atoms with van der Waals surface area (Å²) in [5, 5.41) is 13.5. The number of rotatable bonds is 9. The summed E-state index contributed by atoms with van der Waals surface area (Å²) in [5.41, 5.74) is 3.38. The summed E-state index contributed by atoms with van der Waals surface area (Å²) in [5.74, 6) is -0.569. The van der Waals surface area contributed by atoms with Crippen LogP contribution in [0.15, 0.2) is 54.6 Å². The largest absolute Gasteiger partial charge is 0.489 e. The maximum absolute atomic E-state index is 12.6. The lowest BCUT2D eigenvalue weighted by atomic mass is 10.1. The number of nitrogens with one attached hydrogen (secondary N) is 1. The van der Waals surface area contributed by atoms with Gasteiger partial charge in [-0.2, -0.15) is 0 Å². The number of likely N-dealkylation sites (N-methyl/N-ethyl adjacent to an activating group) is 1. The van der Waals surface area contributed by atoms with Gasteiger partial charge in [0.2, 0.25) is 0 Å². The minimum Gasteiger partial charge on any atom is -0.489 e. The van der Waals surface area contributed by atoms with E-state index in [4.69, 9.17) is 4.74 Å². The molecule has 2 aromatic carbocycles. The molecule has 1 aliphatic rings. The zero-order valence-electron chi connectivity index (χ0n) is 20.2. The van der Waals surface area contributed by atoms with Crippen molar-refractivity contribution in [2.75, 3.05) is 39.3 Å². The average molecular weight is 477 g/mol. The maximum Gasteiger partial charge on any atom is 0.322 e. The summed E-state index contributed by atoms with van der Waals surface area (Å²) in [6.07, 6.45) is 0. The smallest absolute Gasteiger partial charge is 0.322 e. The molecule has 2 heterocycles. The van der Waals surface area contributed by atoms with Gasteiger partial charge in [-0.05, 0) is 49.9 Å². The lowest BCUT2D eigenvalue weighted by molar-refractivity contribution is -0.143. The van der Waals surface area contributed by atoms with Crippen LogP contribution < -0.4 is 10.1 Å². The number of piperazine rings is 1. The van der Waals surface area contributed by atoms with Crippen LogP contribution in [0.3, 0.4) is 0 Å². The number of aromatic nitrogens is 1. The Morgan fingerprint density at radius 1 is 1.09 bits per heavy atom. The Morgan fingerprint density at radius 3 is 2.49 bits per heavy atom. The van der Waals surface area contributed by atoms with E-state index in [2.05, 4.69) is 22.1 Å². The molecular formula is C27H32N4O4. The minimum absolute atomic E-state index is 0.0625. The van der Waals surface area contributed by atoms with Gasteiger partial charge in [0.1, 0.15) is 18.4 Å². The number of amides is 1. The molecular weight excluding hydrogens is 444 g/mol. The molecule has 1 fully saturated rings. The minimum atomic E-state index is -0.919. The molecule has 1 aromatic heterocycles. The molecule has 0 aliphatic carbocycles. The first-order valence-electron chi connectivity index (χ1n) is 12.0. The number of nitrogens with zero attached hydrogens (tertiary/aromatic N) is 3. The molecule has 1 saturated heterocycles. The zero-order valence-corrected chi connectivity index (χ0v) is 20.2. The number of carboxylic acid groups (broad SMARTS) is 1. The van der Waals surface area contributed by atoms with Crippen LogP contribution in [0.2, 0.25) is 0 Å². The van der Waals surface area contributed by atoms with Gasteiger partial charge >= 0.3 is 5.97 Å². The van der Waals surface area contributed by atoms with Crippen molar-refractivity contribution in [3.05, 3.63) is 71.4 Å². The van der Waals surface area contributed by atoms with Crippen molar-refractivity contribution in [2.45, 2.75) is 26.5 Å². The summed E-state index contributed by atoms with van der Waals surface area (Å²) in [4.78, 5) is 33.2. The number of carboxylic acids is 1. The van der Waals surface area contributed by atoms with E-state index in [1.54, 1.807) is 24.3 Å². The van der Waals surface area contributed by atoms with E-state index in [1.165, 1.54) is 0 Å². The molecule has 1 atom stereocenters. The molecule has 35 heavy (non-hydrogen) atoms. The molecule has 3 aromatic rings. The third kappa shape index (κ3) is 6.15. The summed E-state index contributed by atoms with van der Waals surface area (Å²) in [6.45, 7) is 8.51. The molecule has 0 unspecified atom stereocenters. The molecule has 8 nitrogen and oxygen atoms in total. The molecule has 0 radical (unpaired) electrons. The second-order valence-electron chi connectivity index (χ2n) is 8.79. The van der Waals surface area contributed by atoms with Crippen molar-refractivity contribution in [2.24, 2.45) is 0 Å². The van der Waals surface area contributed by atoms with Gasteiger partial charge in [-0.25, -0.2) is 0 Å². The summed E-state index contributed by atoms with van der Waals surface area (Å²) in [6, 6.07) is 16.1. The van der Waals surface area contributed by atoms with Gasteiger partial charge in [0, 0.05) is 54.9 Å². The number of aryl methyl sites for hydroxylation is 1. The predicted molar refractivity (Wildman–Crippen MR) is 135 cm³/mol. The van der Waals surface area contributed by atoms with Gasteiger partial charge in [0.25, 0.3) is 5.91 Å². The number of para-hydroxylation sites is 1. The van der Waals surface area contributed by atoms with Crippen molar-refractivity contribution in [3.63, 3.8) is 0 Å². The molecule has 1 aliphatic heterocycles. The number of carbonyl (C=O) groups excluding carboxylic acids is 1. The van der Waals surface area contributed by atoms with Gasteiger partial charge in [-0.1, -0.05) is 25.1 Å². The van der Waals surface area contributed by atoms with Crippen LogP contribution in [0.25, 0.3) is 10.9 Å². The van der Waals surface area contributed by atoms with Crippen LogP contribution >= 0.6 is 0 Å². The fraction of sp³-hybridized carbons (Fsp3) is 0.370. The molecule has 4 rings (SSSR count). The van der Waals surface area contributed by atoms with E-state index >= 15 is 0 Å². The summed E-state index contributed by atoms with van der Waals surface area (Å²) >= 11 is 0.